The van der Waals surface area contributed by atoms with Gasteiger partial charge in [0, 0.05) is 17.5 Å². The zero-order valence-electron chi connectivity index (χ0n) is 10.4. The molecule has 0 aliphatic heterocycles. The molecule has 0 amide bonds. The molecule has 0 spiro atoms. The van der Waals surface area contributed by atoms with Gasteiger partial charge in [-0.15, -0.1) is 11.3 Å². The van der Waals surface area contributed by atoms with Crippen molar-refractivity contribution in [1.82, 2.24) is 25.2 Å². The molecule has 2 aromatic rings. The van der Waals surface area contributed by atoms with Gasteiger partial charge in [-0.2, -0.15) is 5.10 Å². The molecule has 0 atom stereocenters. The molecule has 2 aromatic heterocycles. The van der Waals surface area contributed by atoms with E-state index in [9.17, 15) is 8.42 Å². The van der Waals surface area contributed by atoms with Crippen LogP contribution in [0.4, 0.5) is 0 Å². The van der Waals surface area contributed by atoms with Crippen LogP contribution in [-0.2, 0) is 23.1 Å². The maximum absolute atomic E-state index is 12.1. The minimum absolute atomic E-state index is 0.101. The summed E-state index contributed by atoms with van der Waals surface area (Å²) in [7, 11) is -3.60. The average Bonchev–Trinajstić information content (AvgIpc) is 3.05. The van der Waals surface area contributed by atoms with Crippen LogP contribution in [0.3, 0.4) is 0 Å². The summed E-state index contributed by atoms with van der Waals surface area (Å²) in [5.41, 5.74) is 2.98. The Kier molecular flexibility index (Phi) is 4.64. The van der Waals surface area contributed by atoms with E-state index in [1.165, 1.54) is 17.5 Å². The summed E-state index contributed by atoms with van der Waals surface area (Å²) in [5, 5.41) is 11.3. The molecule has 0 saturated carbocycles. The summed E-state index contributed by atoms with van der Waals surface area (Å²) in [5.74, 6) is 0. The highest BCUT2D eigenvalue weighted by atomic mass is 32.2. The molecule has 0 fully saturated rings. The molecule has 0 bridgehead atoms. The van der Waals surface area contributed by atoms with E-state index >= 15 is 0 Å². The number of H-pyrrole nitrogens is 1. The Balaban J connectivity index is 2.08. The van der Waals surface area contributed by atoms with Crippen molar-refractivity contribution in [1.29, 1.82) is 0 Å². The maximum atomic E-state index is 12.1. The van der Waals surface area contributed by atoms with Crippen molar-refractivity contribution in [3.8, 4) is 0 Å². The molecule has 0 saturated heterocycles. The molecule has 0 unspecified atom stereocenters. The third-order valence-electron chi connectivity index (χ3n) is 2.44. The van der Waals surface area contributed by atoms with E-state index in [0.29, 0.717) is 17.8 Å². The SMILES string of the molecule is CCNCc1cn[nH]c1S(=O)(=O)NCc1cscn1. The van der Waals surface area contributed by atoms with E-state index in [-0.39, 0.29) is 11.6 Å². The van der Waals surface area contributed by atoms with E-state index in [4.69, 9.17) is 0 Å². The van der Waals surface area contributed by atoms with Crippen LogP contribution in [-0.4, -0.2) is 30.1 Å². The van der Waals surface area contributed by atoms with Gasteiger partial charge in [-0.25, -0.2) is 18.1 Å². The van der Waals surface area contributed by atoms with Gasteiger partial charge < -0.3 is 5.32 Å². The van der Waals surface area contributed by atoms with Crippen molar-refractivity contribution in [2.45, 2.75) is 25.0 Å². The lowest BCUT2D eigenvalue weighted by Gasteiger charge is -2.06. The van der Waals surface area contributed by atoms with E-state index in [0.717, 1.165) is 6.54 Å². The molecule has 0 aromatic carbocycles. The zero-order chi connectivity index (χ0) is 13.7. The summed E-state index contributed by atoms with van der Waals surface area (Å²) < 4.78 is 26.8. The molecule has 3 N–H and O–H groups in total. The van der Waals surface area contributed by atoms with Crippen LogP contribution < -0.4 is 10.0 Å². The predicted molar refractivity (Wildman–Crippen MR) is 72.1 cm³/mol. The molecule has 0 radical (unpaired) electrons. The van der Waals surface area contributed by atoms with Crippen LogP contribution >= 0.6 is 11.3 Å². The summed E-state index contributed by atoms with van der Waals surface area (Å²) in [4.78, 5) is 4.03. The van der Waals surface area contributed by atoms with Crippen molar-refractivity contribution in [2.24, 2.45) is 0 Å². The molecular weight excluding hydrogens is 286 g/mol. The molecule has 2 heterocycles. The first-order chi connectivity index (χ1) is 9.13. The fraction of sp³-hybridized carbons (Fsp3) is 0.400. The van der Waals surface area contributed by atoms with Crippen LogP contribution in [0, 0.1) is 0 Å². The van der Waals surface area contributed by atoms with E-state index in [1.807, 2.05) is 6.92 Å². The van der Waals surface area contributed by atoms with Gasteiger partial charge in [-0.3, -0.25) is 5.10 Å². The Morgan fingerprint density at radius 2 is 2.26 bits per heavy atom. The summed E-state index contributed by atoms with van der Waals surface area (Å²) in [6.45, 7) is 3.34. The van der Waals surface area contributed by atoms with Gasteiger partial charge in [0.15, 0.2) is 5.03 Å². The lowest BCUT2D eigenvalue weighted by Crippen LogP contribution is -2.25. The van der Waals surface area contributed by atoms with Crippen LogP contribution in [0.2, 0.25) is 0 Å². The number of sulfonamides is 1. The van der Waals surface area contributed by atoms with Crippen molar-refractivity contribution >= 4 is 21.4 Å². The Labute approximate surface area is 115 Å². The first kappa shape index (κ1) is 14.1. The van der Waals surface area contributed by atoms with Crippen molar-refractivity contribution in [3.05, 3.63) is 28.3 Å². The second kappa shape index (κ2) is 6.24. The van der Waals surface area contributed by atoms with Crippen molar-refractivity contribution in [2.75, 3.05) is 6.54 Å². The molecule has 7 nitrogen and oxygen atoms in total. The normalized spacial score (nSPS) is 11.8. The van der Waals surface area contributed by atoms with Gasteiger partial charge in [0.05, 0.1) is 23.9 Å². The van der Waals surface area contributed by atoms with Crippen molar-refractivity contribution in [3.63, 3.8) is 0 Å². The van der Waals surface area contributed by atoms with Gasteiger partial charge in [0.25, 0.3) is 10.0 Å². The minimum Gasteiger partial charge on any atom is -0.313 e. The van der Waals surface area contributed by atoms with Gasteiger partial charge in [-0.05, 0) is 6.54 Å². The minimum atomic E-state index is -3.60. The number of nitrogens with one attached hydrogen (secondary N) is 3. The Morgan fingerprint density at radius 3 is 2.95 bits per heavy atom. The van der Waals surface area contributed by atoms with Crippen molar-refractivity contribution < 1.29 is 8.42 Å². The van der Waals surface area contributed by atoms with E-state index < -0.39 is 10.0 Å². The molecular formula is C10H15N5O2S2. The summed E-state index contributed by atoms with van der Waals surface area (Å²) in [6, 6.07) is 0. The van der Waals surface area contributed by atoms with Crippen LogP contribution in [0.5, 0.6) is 0 Å². The smallest absolute Gasteiger partial charge is 0.258 e. The van der Waals surface area contributed by atoms with Crippen LogP contribution in [0.15, 0.2) is 22.1 Å². The molecule has 19 heavy (non-hydrogen) atoms. The number of aromatic nitrogens is 3. The third kappa shape index (κ3) is 3.60. The standard InChI is InChI=1S/C10H15N5O2S2/c1-2-11-3-8-4-13-15-10(8)19(16,17)14-5-9-6-18-7-12-9/h4,6-7,11,14H,2-3,5H2,1H3,(H,13,15). The maximum Gasteiger partial charge on any atom is 0.258 e. The monoisotopic (exact) mass is 301 g/mol. The van der Waals surface area contributed by atoms with Gasteiger partial charge in [0.2, 0.25) is 0 Å². The zero-order valence-corrected chi connectivity index (χ0v) is 12.0. The van der Waals surface area contributed by atoms with E-state index in [1.54, 1.807) is 10.9 Å². The predicted octanol–water partition coefficient (Wildman–Crippen LogP) is 0.454. The Bertz CT molecular complexity index is 606. The highest BCUT2D eigenvalue weighted by Gasteiger charge is 2.20. The topological polar surface area (TPSA) is 99.8 Å². The second-order valence-electron chi connectivity index (χ2n) is 3.81. The number of hydrogen-bond acceptors (Lipinski definition) is 6. The number of thiazole rings is 1. The molecule has 9 heteroatoms. The third-order valence-corrected chi connectivity index (χ3v) is 4.49. The lowest BCUT2D eigenvalue weighted by atomic mass is 10.3. The second-order valence-corrected chi connectivity index (χ2v) is 6.23. The highest BCUT2D eigenvalue weighted by Crippen LogP contribution is 2.12. The number of hydrogen-bond donors (Lipinski definition) is 3. The van der Waals surface area contributed by atoms with Gasteiger partial charge in [-0.1, -0.05) is 6.92 Å². The molecule has 2 rings (SSSR count). The fourth-order valence-electron chi connectivity index (χ4n) is 1.48. The average molecular weight is 301 g/mol. The highest BCUT2D eigenvalue weighted by molar-refractivity contribution is 7.89. The number of nitrogens with zero attached hydrogens (tertiary/aromatic N) is 2. The summed E-state index contributed by atoms with van der Waals surface area (Å²) in [6.07, 6.45) is 1.51. The van der Waals surface area contributed by atoms with Crippen LogP contribution in [0.25, 0.3) is 0 Å². The Hall–Kier alpha value is -1.29. The van der Waals surface area contributed by atoms with Crippen LogP contribution in [0.1, 0.15) is 18.2 Å². The largest absolute Gasteiger partial charge is 0.313 e. The van der Waals surface area contributed by atoms with Gasteiger partial charge in [0.1, 0.15) is 0 Å². The van der Waals surface area contributed by atoms with E-state index in [2.05, 4.69) is 25.2 Å². The molecule has 0 aliphatic rings. The Morgan fingerprint density at radius 1 is 1.42 bits per heavy atom. The number of aromatic amines is 1. The summed E-state index contributed by atoms with van der Waals surface area (Å²) >= 11 is 1.43. The molecule has 104 valence electrons. The van der Waals surface area contributed by atoms with Gasteiger partial charge >= 0.3 is 0 Å². The number of rotatable bonds is 7. The fourth-order valence-corrected chi connectivity index (χ4v) is 3.17. The molecule has 0 aliphatic carbocycles. The first-order valence-corrected chi connectivity index (χ1v) is 8.15. The lowest BCUT2D eigenvalue weighted by molar-refractivity contribution is 0.573. The quantitative estimate of drug-likeness (QED) is 0.689. The first-order valence-electron chi connectivity index (χ1n) is 5.73.